The van der Waals surface area contributed by atoms with E-state index in [4.69, 9.17) is 0 Å². The van der Waals surface area contributed by atoms with Crippen LogP contribution in [0.2, 0.25) is 0 Å². The van der Waals surface area contributed by atoms with Crippen molar-refractivity contribution in [2.75, 3.05) is 0 Å². The van der Waals surface area contributed by atoms with E-state index in [-0.39, 0.29) is 34.5 Å². The number of aromatic nitrogens is 2. The standard InChI is InChI=1S/C29H20F8N2O/c1-2-3-4-22(30)26(34)17-7-10-21(23(31)11-17)16-5-8-19(9-6-16)29(36,37)40-20-14-38-28(39-15-20)18-12-24(32)27(35)25(33)13-18/h5-15H,2-4H2,1H3/b26-22+. The molecule has 3 nitrogen and oxygen atoms in total. The first-order valence-corrected chi connectivity index (χ1v) is 12.0. The number of hydrogen-bond donors (Lipinski definition) is 0. The second-order valence-corrected chi connectivity index (χ2v) is 8.71. The Morgan fingerprint density at radius 2 is 1.43 bits per heavy atom. The van der Waals surface area contributed by atoms with E-state index in [1.54, 1.807) is 0 Å². The van der Waals surface area contributed by atoms with Gasteiger partial charge in [-0.3, -0.25) is 0 Å². The first-order valence-electron chi connectivity index (χ1n) is 12.0. The molecule has 3 aromatic carbocycles. The molecule has 0 fully saturated rings. The lowest BCUT2D eigenvalue weighted by Gasteiger charge is -2.18. The van der Waals surface area contributed by atoms with E-state index in [9.17, 15) is 35.1 Å². The summed E-state index contributed by atoms with van der Waals surface area (Å²) in [6.07, 6.45) is -1.19. The number of halogens is 8. The number of ether oxygens (including phenoxy) is 1. The van der Waals surface area contributed by atoms with E-state index in [0.29, 0.717) is 25.0 Å². The maximum absolute atomic E-state index is 14.8. The Kier molecular flexibility index (Phi) is 8.51. The molecule has 0 saturated heterocycles. The van der Waals surface area contributed by atoms with Crippen LogP contribution in [0.4, 0.5) is 35.1 Å². The van der Waals surface area contributed by atoms with Gasteiger partial charge in [0.05, 0.1) is 18.0 Å². The van der Waals surface area contributed by atoms with Crippen molar-refractivity contribution in [1.82, 2.24) is 9.97 Å². The summed E-state index contributed by atoms with van der Waals surface area (Å²) in [6.45, 7) is 1.82. The monoisotopic (exact) mass is 564 g/mol. The van der Waals surface area contributed by atoms with Crippen molar-refractivity contribution in [2.45, 2.75) is 32.3 Å². The topological polar surface area (TPSA) is 35.0 Å². The zero-order valence-corrected chi connectivity index (χ0v) is 20.8. The minimum atomic E-state index is -3.89. The molecule has 0 bridgehead atoms. The largest absolute Gasteiger partial charge is 0.426 e. The maximum atomic E-state index is 14.8. The van der Waals surface area contributed by atoms with Crippen molar-refractivity contribution in [2.24, 2.45) is 0 Å². The smallest absolute Gasteiger partial charge is 0.426 e. The number of nitrogens with zero attached hydrogens (tertiary/aromatic N) is 2. The predicted octanol–water partition coefficient (Wildman–Crippen LogP) is 9.29. The van der Waals surface area contributed by atoms with Crippen molar-refractivity contribution in [3.05, 3.63) is 107 Å². The third-order valence-electron chi connectivity index (χ3n) is 5.86. The van der Waals surface area contributed by atoms with Crippen LogP contribution in [0.25, 0.3) is 28.3 Å². The van der Waals surface area contributed by atoms with Gasteiger partial charge in [-0.1, -0.05) is 37.6 Å². The predicted molar refractivity (Wildman–Crippen MR) is 132 cm³/mol. The fraction of sp³-hybridized carbons (Fsp3) is 0.172. The maximum Gasteiger partial charge on any atom is 0.426 e. The molecule has 4 rings (SSSR count). The highest BCUT2D eigenvalue weighted by Crippen LogP contribution is 2.34. The van der Waals surface area contributed by atoms with Gasteiger partial charge < -0.3 is 4.74 Å². The Bertz CT molecular complexity index is 1510. The normalized spacial score (nSPS) is 12.3. The highest BCUT2D eigenvalue weighted by molar-refractivity contribution is 5.69. The van der Waals surface area contributed by atoms with Gasteiger partial charge in [0.1, 0.15) is 11.6 Å². The molecular formula is C29H20F8N2O. The molecule has 0 amide bonds. The third-order valence-corrected chi connectivity index (χ3v) is 5.86. The molecule has 0 radical (unpaired) electrons. The number of alkyl halides is 2. The van der Waals surface area contributed by atoms with E-state index in [1.807, 2.05) is 6.92 Å². The van der Waals surface area contributed by atoms with Crippen LogP contribution < -0.4 is 4.74 Å². The van der Waals surface area contributed by atoms with Crippen LogP contribution in [0, 0.1) is 23.3 Å². The zero-order chi connectivity index (χ0) is 29.0. The van der Waals surface area contributed by atoms with Crippen LogP contribution in [0.15, 0.2) is 72.8 Å². The molecule has 0 aliphatic carbocycles. The molecule has 1 heterocycles. The average Bonchev–Trinajstić information content (AvgIpc) is 2.94. The highest BCUT2D eigenvalue weighted by Gasteiger charge is 2.35. The molecule has 0 spiro atoms. The van der Waals surface area contributed by atoms with Crippen molar-refractivity contribution >= 4 is 5.83 Å². The van der Waals surface area contributed by atoms with Crippen molar-refractivity contribution in [1.29, 1.82) is 0 Å². The second-order valence-electron chi connectivity index (χ2n) is 8.71. The van der Waals surface area contributed by atoms with E-state index in [2.05, 4.69) is 14.7 Å². The molecule has 11 heteroatoms. The summed E-state index contributed by atoms with van der Waals surface area (Å²) in [5.41, 5.74) is -0.905. The Balaban J connectivity index is 1.49. The molecule has 0 atom stereocenters. The summed E-state index contributed by atoms with van der Waals surface area (Å²) in [6, 6.07) is 8.95. The van der Waals surface area contributed by atoms with Gasteiger partial charge in [-0.2, -0.15) is 8.78 Å². The highest BCUT2D eigenvalue weighted by atomic mass is 19.3. The van der Waals surface area contributed by atoms with Gasteiger partial charge in [0.2, 0.25) is 0 Å². The molecular weight excluding hydrogens is 544 g/mol. The van der Waals surface area contributed by atoms with Crippen molar-refractivity contribution in [3.63, 3.8) is 0 Å². The van der Waals surface area contributed by atoms with Crippen LogP contribution in [0.1, 0.15) is 37.3 Å². The molecule has 1 aromatic heterocycles. The van der Waals surface area contributed by atoms with Gasteiger partial charge in [-0.25, -0.2) is 36.3 Å². The van der Waals surface area contributed by atoms with E-state index >= 15 is 0 Å². The van der Waals surface area contributed by atoms with Crippen LogP contribution in [-0.2, 0) is 6.11 Å². The number of rotatable bonds is 9. The van der Waals surface area contributed by atoms with Crippen molar-refractivity contribution < 1.29 is 39.9 Å². The summed E-state index contributed by atoms with van der Waals surface area (Å²) >= 11 is 0. The van der Waals surface area contributed by atoms with Gasteiger partial charge >= 0.3 is 6.11 Å². The summed E-state index contributed by atoms with van der Waals surface area (Å²) < 4.78 is 117. The average molecular weight is 564 g/mol. The van der Waals surface area contributed by atoms with Gasteiger partial charge in [-0.15, -0.1) is 0 Å². The van der Waals surface area contributed by atoms with Crippen LogP contribution in [-0.4, -0.2) is 9.97 Å². The number of unbranched alkanes of at least 4 members (excludes halogenated alkanes) is 1. The Labute approximate surface area is 223 Å². The van der Waals surface area contributed by atoms with Gasteiger partial charge in [0.15, 0.2) is 34.9 Å². The molecule has 0 aliphatic heterocycles. The molecule has 208 valence electrons. The Morgan fingerprint density at radius 1 is 0.800 bits per heavy atom. The van der Waals surface area contributed by atoms with Crippen molar-refractivity contribution in [3.8, 4) is 28.3 Å². The number of benzene rings is 3. The van der Waals surface area contributed by atoms with Gasteiger partial charge in [0, 0.05) is 23.1 Å². The molecule has 0 aliphatic rings. The van der Waals surface area contributed by atoms with Crippen LogP contribution in [0.5, 0.6) is 5.75 Å². The lowest BCUT2D eigenvalue weighted by atomic mass is 10.0. The van der Waals surface area contributed by atoms with Gasteiger partial charge in [0.25, 0.3) is 0 Å². The quantitative estimate of drug-likeness (QED) is 0.150. The summed E-state index contributed by atoms with van der Waals surface area (Å²) in [7, 11) is 0. The molecule has 0 saturated carbocycles. The molecule has 4 aromatic rings. The fourth-order valence-electron chi connectivity index (χ4n) is 3.74. The SMILES string of the molecule is CCCC/C(F)=C(\F)c1ccc(-c2ccc(C(F)(F)Oc3cnc(-c4cc(F)c(F)c(F)c4)nc3)cc2)c(F)c1. The number of allylic oxidation sites excluding steroid dienone is 1. The second kappa shape index (κ2) is 11.8. The van der Waals surface area contributed by atoms with Gasteiger partial charge in [-0.05, 0) is 42.3 Å². The Morgan fingerprint density at radius 3 is 2.00 bits per heavy atom. The fourth-order valence-corrected chi connectivity index (χ4v) is 3.74. The first-order chi connectivity index (χ1) is 19.0. The summed E-state index contributed by atoms with van der Waals surface area (Å²) in [5.74, 6) is -8.35. The van der Waals surface area contributed by atoms with Crippen LogP contribution >= 0.6 is 0 Å². The zero-order valence-electron chi connectivity index (χ0n) is 20.8. The first kappa shape index (κ1) is 28.7. The summed E-state index contributed by atoms with van der Waals surface area (Å²) in [4.78, 5) is 7.45. The molecule has 40 heavy (non-hydrogen) atoms. The van der Waals surface area contributed by atoms with E-state index in [1.165, 1.54) is 24.3 Å². The minimum Gasteiger partial charge on any atom is -0.426 e. The Hall–Kier alpha value is -4.28. The summed E-state index contributed by atoms with van der Waals surface area (Å²) in [5, 5.41) is 0. The van der Waals surface area contributed by atoms with Crippen LogP contribution in [0.3, 0.4) is 0 Å². The molecule has 0 N–H and O–H groups in total. The lowest BCUT2D eigenvalue weighted by Crippen LogP contribution is -2.22. The van der Waals surface area contributed by atoms with E-state index < -0.39 is 52.3 Å². The number of hydrogen-bond acceptors (Lipinski definition) is 3. The lowest BCUT2D eigenvalue weighted by molar-refractivity contribution is -0.185. The third kappa shape index (κ3) is 6.30. The molecule has 0 unspecified atom stereocenters. The minimum absolute atomic E-state index is 0.0149. The van der Waals surface area contributed by atoms with E-state index in [0.717, 1.165) is 30.6 Å².